The summed E-state index contributed by atoms with van der Waals surface area (Å²) < 4.78 is 2.80. The highest BCUT2D eigenvalue weighted by Crippen LogP contribution is 2.31. The molecule has 0 aliphatic carbocycles. The molecule has 0 bridgehead atoms. The van der Waals surface area contributed by atoms with Crippen molar-refractivity contribution in [1.29, 1.82) is 0 Å². The van der Waals surface area contributed by atoms with E-state index >= 15 is 0 Å². The number of hydrogen-bond acceptors (Lipinski definition) is 5. The molecule has 0 radical (unpaired) electrons. The third kappa shape index (κ3) is 3.65. The van der Waals surface area contributed by atoms with Crippen molar-refractivity contribution >= 4 is 39.0 Å². The number of likely N-dealkylation sites (tertiary alicyclic amines) is 1. The number of thiophene rings is 1. The number of nitrogens with zero attached hydrogens (tertiary/aromatic N) is 2. The SMILES string of the molecule is O=C(O)c1cn(C[C@@H]2CCCN2Cc2csc3ccc(Cl)cc23)cc(O)c1=O. The summed E-state index contributed by atoms with van der Waals surface area (Å²) in [6.07, 6.45) is 4.63. The van der Waals surface area contributed by atoms with Crippen LogP contribution in [0.5, 0.6) is 5.75 Å². The lowest BCUT2D eigenvalue weighted by atomic mass is 10.1. The molecule has 146 valence electrons. The Morgan fingerprint density at radius 3 is 2.93 bits per heavy atom. The first kappa shape index (κ1) is 19.0. The van der Waals surface area contributed by atoms with E-state index in [1.54, 1.807) is 15.9 Å². The number of aromatic nitrogens is 1. The second-order valence-electron chi connectivity index (χ2n) is 7.06. The highest BCUT2D eigenvalue weighted by Gasteiger charge is 2.26. The van der Waals surface area contributed by atoms with Gasteiger partial charge < -0.3 is 14.8 Å². The van der Waals surface area contributed by atoms with E-state index in [0.29, 0.717) is 6.54 Å². The van der Waals surface area contributed by atoms with Gasteiger partial charge in [-0.3, -0.25) is 9.69 Å². The van der Waals surface area contributed by atoms with E-state index in [2.05, 4.69) is 10.3 Å². The predicted molar refractivity (Wildman–Crippen MR) is 110 cm³/mol. The number of carbonyl (C=O) groups is 1. The number of halogens is 1. The molecule has 1 fully saturated rings. The van der Waals surface area contributed by atoms with Crippen LogP contribution in [0.4, 0.5) is 0 Å². The number of rotatable bonds is 5. The summed E-state index contributed by atoms with van der Waals surface area (Å²) in [6.45, 7) is 2.24. The van der Waals surface area contributed by atoms with Gasteiger partial charge in [0.2, 0.25) is 5.43 Å². The number of fused-ring (bicyclic) bond motifs is 1. The maximum atomic E-state index is 11.8. The first-order chi connectivity index (χ1) is 13.4. The number of aromatic hydroxyl groups is 1. The third-order valence-corrected chi connectivity index (χ3v) is 6.45. The van der Waals surface area contributed by atoms with Gasteiger partial charge in [-0.1, -0.05) is 11.6 Å². The highest BCUT2D eigenvalue weighted by atomic mass is 35.5. The lowest BCUT2D eigenvalue weighted by Crippen LogP contribution is -2.33. The standard InChI is InChI=1S/C20H19ClN2O4S/c21-13-3-4-18-15(6-13)12(11-28-18)7-23-5-1-2-14(23)8-22-9-16(20(26)27)19(25)17(24)10-22/h3-4,6,9-11,14,24H,1-2,5,7-8H2,(H,26,27)/t14-/m0/s1. The second kappa shape index (κ2) is 7.58. The van der Waals surface area contributed by atoms with E-state index < -0.39 is 22.7 Å². The summed E-state index contributed by atoms with van der Waals surface area (Å²) in [5.41, 5.74) is -0.0416. The molecular weight excluding hydrogens is 400 g/mol. The lowest BCUT2D eigenvalue weighted by molar-refractivity contribution is 0.0693. The van der Waals surface area contributed by atoms with E-state index in [0.717, 1.165) is 36.3 Å². The Bertz CT molecular complexity index is 1110. The number of carboxylic acid groups (broad SMARTS) is 1. The Hall–Kier alpha value is -2.35. The predicted octanol–water partition coefficient (Wildman–Crippen LogP) is 3.78. The molecule has 0 spiro atoms. The number of hydrogen-bond donors (Lipinski definition) is 2. The molecule has 1 aliphatic rings. The maximum absolute atomic E-state index is 11.8. The van der Waals surface area contributed by atoms with Crippen LogP contribution in [-0.2, 0) is 13.1 Å². The van der Waals surface area contributed by atoms with Gasteiger partial charge in [-0.25, -0.2) is 4.79 Å². The molecule has 1 atom stereocenters. The van der Waals surface area contributed by atoms with E-state index in [1.165, 1.54) is 22.7 Å². The second-order valence-corrected chi connectivity index (χ2v) is 8.40. The Kier molecular flexibility index (Phi) is 5.14. The Labute approximate surface area is 170 Å². The van der Waals surface area contributed by atoms with Crippen LogP contribution in [0.1, 0.15) is 28.8 Å². The van der Waals surface area contributed by atoms with Crippen LogP contribution in [0.3, 0.4) is 0 Å². The van der Waals surface area contributed by atoms with Gasteiger partial charge in [0.25, 0.3) is 0 Å². The zero-order valence-electron chi connectivity index (χ0n) is 15.0. The molecule has 8 heteroatoms. The molecule has 6 nitrogen and oxygen atoms in total. The van der Waals surface area contributed by atoms with Crippen molar-refractivity contribution in [2.24, 2.45) is 0 Å². The minimum absolute atomic E-state index is 0.192. The zero-order valence-corrected chi connectivity index (χ0v) is 16.5. The molecule has 2 aromatic heterocycles. The van der Waals surface area contributed by atoms with Crippen molar-refractivity contribution in [3.05, 3.63) is 62.3 Å². The molecule has 2 N–H and O–H groups in total. The van der Waals surface area contributed by atoms with E-state index in [-0.39, 0.29) is 6.04 Å². The van der Waals surface area contributed by atoms with Crippen LogP contribution in [0, 0.1) is 0 Å². The van der Waals surface area contributed by atoms with Crippen molar-refractivity contribution in [3.8, 4) is 5.75 Å². The number of aromatic carboxylic acids is 1. The first-order valence-electron chi connectivity index (χ1n) is 8.98. The fourth-order valence-corrected chi connectivity index (χ4v) is 4.93. The van der Waals surface area contributed by atoms with Crippen LogP contribution in [0.2, 0.25) is 5.02 Å². The minimum atomic E-state index is -1.33. The van der Waals surface area contributed by atoms with Gasteiger partial charge in [0.05, 0.1) is 0 Å². The van der Waals surface area contributed by atoms with Gasteiger partial charge in [-0.15, -0.1) is 11.3 Å². The molecule has 1 aliphatic heterocycles. The van der Waals surface area contributed by atoms with Crippen LogP contribution in [0.15, 0.2) is 40.8 Å². The van der Waals surface area contributed by atoms with E-state index in [4.69, 9.17) is 11.6 Å². The molecule has 1 aromatic carbocycles. The fourth-order valence-electron chi connectivity index (χ4n) is 3.82. The number of benzene rings is 1. The van der Waals surface area contributed by atoms with Gasteiger partial charge in [0.1, 0.15) is 5.56 Å². The average molecular weight is 419 g/mol. The van der Waals surface area contributed by atoms with E-state index in [9.17, 15) is 19.8 Å². The summed E-state index contributed by atoms with van der Waals surface area (Å²) in [6, 6.07) is 6.11. The van der Waals surface area contributed by atoms with Crippen LogP contribution >= 0.6 is 22.9 Å². The highest BCUT2D eigenvalue weighted by molar-refractivity contribution is 7.17. The molecular formula is C20H19ClN2O4S. The van der Waals surface area contributed by atoms with Crippen molar-refractivity contribution in [3.63, 3.8) is 0 Å². The number of pyridine rings is 1. The largest absolute Gasteiger partial charge is 0.503 e. The first-order valence-corrected chi connectivity index (χ1v) is 10.2. The van der Waals surface area contributed by atoms with Gasteiger partial charge >= 0.3 is 5.97 Å². The summed E-state index contributed by atoms with van der Waals surface area (Å²) in [5.74, 6) is -1.87. The van der Waals surface area contributed by atoms with E-state index in [1.807, 2.05) is 18.2 Å². The molecule has 0 amide bonds. The zero-order chi connectivity index (χ0) is 19.8. The molecule has 4 rings (SSSR count). The maximum Gasteiger partial charge on any atom is 0.341 e. The van der Waals surface area contributed by atoms with Gasteiger partial charge in [-0.2, -0.15) is 0 Å². The smallest absolute Gasteiger partial charge is 0.341 e. The van der Waals surface area contributed by atoms with Crippen molar-refractivity contribution < 1.29 is 15.0 Å². The summed E-state index contributed by atoms with van der Waals surface area (Å²) in [7, 11) is 0. The van der Waals surface area contributed by atoms with Gasteiger partial charge in [0.15, 0.2) is 5.75 Å². The quantitative estimate of drug-likeness (QED) is 0.658. The Morgan fingerprint density at radius 1 is 1.32 bits per heavy atom. The van der Waals surface area contributed by atoms with Crippen LogP contribution < -0.4 is 5.43 Å². The van der Waals surface area contributed by atoms with Crippen molar-refractivity contribution in [2.75, 3.05) is 6.54 Å². The molecule has 3 heterocycles. The topological polar surface area (TPSA) is 82.8 Å². The normalized spacial score (nSPS) is 17.4. The average Bonchev–Trinajstić information content (AvgIpc) is 3.25. The monoisotopic (exact) mass is 418 g/mol. The van der Waals surface area contributed by atoms with Crippen LogP contribution in [0.25, 0.3) is 10.1 Å². The summed E-state index contributed by atoms with van der Waals surface area (Å²) >= 11 is 7.86. The molecule has 3 aromatic rings. The molecule has 0 unspecified atom stereocenters. The minimum Gasteiger partial charge on any atom is -0.503 e. The Balaban J connectivity index is 1.56. The third-order valence-electron chi connectivity index (χ3n) is 5.20. The molecule has 28 heavy (non-hydrogen) atoms. The fraction of sp³-hybridized carbons (Fsp3) is 0.300. The van der Waals surface area contributed by atoms with Gasteiger partial charge in [0, 0.05) is 41.2 Å². The summed E-state index contributed by atoms with van der Waals surface area (Å²) in [5, 5.41) is 23.0. The molecule has 0 saturated carbocycles. The molecule has 1 saturated heterocycles. The van der Waals surface area contributed by atoms with Gasteiger partial charge in [-0.05, 0) is 53.9 Å². The lowest BCUT2D eigenvalue weighted by Gasteiger charge is -2.25. The summed E-state index contributed by atoms with van der Waals surface area (Å²) in [4.78, 5) is 25.4. The van der Waals surface area contributed by atoms with Crippen molar-refractivity contribution in [2.45, 2.75) is 32.0 Å². The van der Waals surface area contributed by atoms with Crippen molar-refractivity contribution in [1.82, 2.24) is 9.47 Å². The number of carboxylic acids is 1. The Morgan fingerprint density at radius 2 is 2.14 bits per heavy atom. The van der Waals surface area contributed by atoms with Crippen LogP contribution in [-0.4, -0.2) is 38.2 Å².